The average Bonchev–Trinajstić information content (AvgIpc) is 2.75. The molecule has 0 bridgehead atoms. The Balaban J connectivity index is 2.47. The zero-order valence-corrected chi connectivity index (χ0v) is 10.9. The number of rotatable bonds is 4. The summed E-state index contributed by atoms with van der Waals surface area (Å²) < 4.78 is 39.2. The predicted octanol–water partition coefficient (Wildman–Crippen LogP) is 1.57. The van der Waals surface area contributed by atoms with Crippen molar-refractivity contribution in [3.63, 3.8) is 0 Å². The highest BCUT2D eigenvalue weighted by atomic mass is 32.2. The number of sulfonamides is 1. The molecule has 0 aliphatic rings. The molecule has 0 fully saturated rings. The average molecular weight is 300 g/mol. The molecule has 0 unspecified atom stereocenters. The molecule has 0 radical (unpaired) electrons. The molecule has 2 rings (SSSR count). The molecule has 0 amide bonds. The lowest BCUT2D eigenvalue weighted by Crippen LogP contribution is -2.14. The minimum Gasteiger partial charge on any atom is -0.281 e. The van der Waals surface area contributed by atoms with Crippen LogP contribution in [0.1, 0.15) is 5.69 Å². The van der Waals surface area contributed by atoms with Crippen LogP contribution in [0.4, 0.5) is 15.8 Å². The number of nitro benzene ring substituents is 1. The lowest BCUT2D eigenvalue weighted by atomic mass is 10.3. The van der Waals surface area contributed by atoms with Crippen LogP contribution in [-0.2, 0) is 10.0 Å². The second-order valence-electron chi connectivity index (χ2n) is 3.88. The van der Waals surface area contributed by atoms with Gasteiger partial charge < -0.3 is 0 Å². The molecule has 0 aliphatic carbocycles. The Morgan fingerprint density at radius 3 is 2.70 bits per heavy atom. The summed E-state index contributed by atoms with van der Waals surface area (Å²) in [5.74, 6) is -0.794. The number of hydrogen-bond acceptors (Lipinski definition) is 5. The van der Waals surface area contributed by atoms with Gasteiger partial charge >= 0.3 is 0 Å². The van der Waals surface area contributed by atoms with Gasteiger partial charge in [-0.2, -0.15) is 5.10 Å². The van der Waals surface area contributed by atoms with Crippen molar-refractivity contribution in [3.05, 3.63) is 46.0 Å². The van der Waals surface area contributed by atoms with E-state index in [0.29, 0.717) is 0 Å². The van der Waals surface area contributed by atoms with Crippen LogP contribution in [-0.4, -0.2) is 23.5 Å². The minimum atomic E-state index is -4.09. The molecule has 0 spiro atoms. The summed E-state index contributed by atoms with van der Waals surface area (Å²) in [4.78, 5) is 9.83. The van der Waals surface area contributed by atoms with Gasteiger partial charge in [0.25, 0.3) is 15.7 Å². The molecule has 20 heavy (non-hydrogen) atoms. The van der Waals surface area contributed by atoms with Crippen molar-refractivity contribution in [2.75, 3.05) is 4.72 Å². The zero-order valence-electron chi connectivity index (χ0n) is 10.1. The lowest BCUT2D eigenvalue weighted by Gasteiger charge is -2.07. The maximum atomic E-state index is 13.1. The van der Waals surface area contributed by atoms with Crippen LogP contribution < -0.4 is 4.72 Å². The van der Waals surface area contributed by atoms with E-state index in [2.05, 4.69) is 10.2 Å². The van der Waals surface area contributed by atoms with Crippen LogP contribution in [0.3, 0.4) is 0 Å². The Bertz CT molecular complexity index is 771. The summed E-state index contributed by atoms with van der Waals surface area (Å²) in [5, 5.41) is 16.8. The third-order valence-electron chi connectivity index (χ3n) is 2.47. The third kappa shape index (κ3) is 2.59. The maximum absolute atomic E-state index is 13.1. The first kappa shape index (κ1) is 13.9. The number of nitro groups is 1. The minimum absolute atomic E-state index is 0.170. The Morgan fingerprint density at radius 2 is 2.15 bits per heavy atom. The van der Waals surface area contributed by atoms with E-state index in [1.54, 1.807) is 0 Å². The molecule has 0 atom stereocenters. The van der Waals surface area contributed by atoms with Gasteiger partial charge in [0.15, 0.2) is 0 Å². The number of benzene rings is 1. The van der Waals surface area contributed by atoms with Gasteiger partial charge in [0, 0.05) is 12.1 Å². The van der Waals surface area contributed by atoms with E-state index in [9.17, 15) is 22.9 Å². The number of nitrogens with one attached hydrogen (secondary N) is 2. The van der Waals surface area contributed by atoms with Crippen molar-refractivity contribution >= 4 is 21.4 Å². The largest absolute Gasteiger partial charge is 0.293 e. The van der Waals surface area contributed by atoms with Gasteiger partial charge in [-0.3, -0.25) is 19.9 Å². The molecule has 10 heteroatoms. The van der Waals surface area contributed by atoms with E-state index in [1.165, 1.54) is 6.92 Å². The molecule has 0 saturated heterocycles. The highest BCUT2D eigenvalue weighted by Crippen LogP contribution is 2.27. The molecule has 1 aromatic heterocycles. The maximum Gasteiger partial charge on any atom is 0.293 e. The molecule has 8 nitrogen and oxygen atoms in total. The van der Waals surface area contributed by atoms with Crippen LogP contribution in [0, 0.1) is 22.9 Å². The van der Waals surface area contributed by atoms with Crippen LogP contribution in [0.5, 0.6) is 0 Å². The topological polar surface area (TPSA) is 118 Å². The first-order valence-corrected chi connectivity index (χ1v) is 6.76. The van der Waals surface area contributed by atoms with Crippen molar-refractivity contribution in [3.8, 4) is 0 Å². The van der Waals surface area contributed by atoms with Crippen molar-refractivity contribution in [2.24, 2.45) is 0 Å². The number of nitrogens with zero attached hydrogens (tertiary/aromatic N) is 2. The molecule has 0 aliphatic heterocycles. The number of aromatic amines is 1. The number of halogens is 1. The fourth-order valence-corrected chi connectivity index (χ4v) is 2.76. The van der Waals surface area contributed by atoms with Crippen molar-refractivity contribution in [1.82, 2.24) is 10.2 Å². The van der Waals surface area contributed by atoms with E-state index in [-0.39, 0.29) is 10.6 Å². The third-order valence-corrected chi connectivity index (χ3v) is 3.95. The Morgan fingerprint density at radius 1 is 1.45 bits per heavy atom. The monoisotopic (exact) mass is 300 g/mol. The number of hydrogen-bond donors (Lipinski definition) is 2. The first-order chi connectivity index (χ1) is 9.31. The summed E-state index contributed by atoms with van der Waals surface area (Å²) in [5.41, 5.74) is -0.733. The van der Waals surface area contributed by atoms with E-state index >= 15 is 0 Å². The van der Waals surface area contributed by atoms with E-state index in [0.717, 1.165) is 24.4 Å². The zero-order chi connectivity index (χ0) is 14.9. The van der Waals surface area contributed by atoms with Gasteiger partial charge in [-0.15, -0.1) is 0 Å². The normalized spacial score (nSPS) is 11.3. The second kappa shape index (κ2) is 4.89. The van der Waals surface area contributed by atoms with E-state index < -0.39 is 32.1 Å². The molecule has 1 heterocycles. The summed E-state index contributed by atoms with van der Waals surface area (Å²) in [6.07, 6.45) is 1.06. The highest BCUT2D eigenvalue weighted by Gasteiger charge is 2.23. The van der Waals surface area contributed by atoms with Crippen molar-refractivity contribution in [1.29, 1.82) is 0 Å². The van der Waals surface area contributed by atoms with Gasteiger partial charge in [-0.05, 0) is 13.0 Å². The van der Waals surface area contributed by atoms with Crippen LogP contribution in [0.25, 0.3) is 0 Å². The molecular weight excluding hydrogens is 291 g/mol. The smallest absolute Gasteiger partial charge is 0.281 e. The molecule has 1 aromatic carbocycles. The Labute approximate surface area is 112 Å². The number of H-pyrrole nitrogens is 1. The SMILES string of the molecule is Cc1[nH]ncc1S(=O)(=O)Nc1cc(F)ccc1[N+](=O)[O-]. The highest BCUT2D eigenvalue weighted by molar-refractivity contribution is 7.92. The van der Waals surface area contributed by atoms with Crippen LogP contribution in [0.2, 0.25) is 0 Å². The molecule has 2 aromatic rings. The number of aromatic nitrogens is 2. The van der Waals surface area contributed by atoms with Crippen molar-refractivity contribution in [2.45, 2.75) is 11.8 Å². The van der Waals surface area contributed by atoms with Gasteiger partial charge in [-0.25, -0.2) is 12.8 Å². The quantitative estimate of drug-likeness (QED) is 0.656. The fourth-order valence-electron chi connectivity index (χ4n) is 1.56. The molecule has 106 valence electrons. The first-order valence-electron chi connectivity index (χ1n) is 5.28. The van der Waals surface area contributed by atoms with Gasteiger partial charge in [-0.1, -0.05) is 0 Å². The summed E-state index contributed by atoms with van der Waals surface area (Å²) in [6, 6.07) is 2.50. The van der Waals surface area contributed by atoms with Gasteiger partial charge in [0.05, 0.1) is 16.8 Å². The molecular formula is C10H9FN4O4S. The summed E-state index contributed by atoms with van der Waals surface area (Å²) in [7, 11) is -4.09. The van der Waals surface area contributed by atoms with Crippen LogP contribution >= 0.6 is 0 Å². The molecule has 2 N–H and O–H groups in total. The molecule has 0 saturated carbocycles. The number of anilines is 1. The second-order valence-corrected chi connectivity index (χ2v) is 5.53. The summed E-state index contributed by atoms with van der Waals surface area (Å²) in [6.45, 7) is 1.47. The lowest BCUT2D eigenvalue weighted by molar-refractivity contribution is -0.383. The van der Waals surface area contributed by atoms with Crippen molar-refractivity contribution < 1.29 is 17.7 Å². The Hall–Kier alpha value is -2.49. The predicted molar refractivity (Wildman–Crippen MR) is 67.2 cm³/mol. The van der Waals surface area contributed by atoms with Crippen LogP contribution in [0.15, 0.2) is 29.3 Å². The Kier molecular flexibility index (Phi) is 3.40. The fraction of sp³-hybridized carbons (Fsp3) is 0.100. The van der Waals surface area contributed by atoms with Gasteiger partial charge in [0.2, 0.25) is 0 Å². The summed E-state index contributed by atoms with van der Waals surface area (Å²) >= 11 is 0. The standard InChI is InChI=1S/C10H9FN4O4S/c1-6-10(5-12-13-6)20(18,19)14-8-4-7(11)2-3-9(8)15(16)17/h2-5,14H,1H3,(H,12,13). The van der Waals surface area contributed by atoms with Gasteiger partial charge in [0.1, 0.15) is 16.4 Å². The number of aryl methyl sites for hydroxylation is 1. The van der Waals surface area contributed by atoms with E-state index in [4.69, 9.17) is 0 Å². The van der Waals surface area contributed by atoms with E-state index in [1.807, 2.05) is 4.72 Å².